The van der Waals surface area contributed by atoms with Crippen LogP contribution in [0.2, 0.25) is 0 Å². The summed E-state index contributed by atoms with van der Waals surface area (Å²) in [6.45, 7) is 4.39. The Bertz CT molecular complexity index is 999. The van der Waals surface area contributed by atoms with Gasteiger partial charge in [0.05, 0.1) is 18.3 Å². The molecule has 0 saturated heterocycles. The number of rotatable bonds is 10. The Morgan fingerprint density at radius 2 is 2.00 bits per heavy atom. The highest BCUT2D eigenvalue weighted by atomic mass is 16.5. The number of carbonyl (C=O) groups is 1. The molecule has 2 aromatic rings. The van der Waals surface area contributed by atoms with Crippen molar-refractivity contribution in [3.63, 3.8) is 0 Å². The molecule has 7 nitrogen and oxygen atoms in total. The zero-order valence-corrected chi connectivity index (χ0v) is 18.2. The number of methoxy groups -OCH3 is 1. The van der Waals surface area contributed by atoms with Crippen molar-refractivity contribution in [3.05, 3.63) is 66.2 Å². The number of ether oxygens (including phenoxy) is 1. The van der Waals surface area contributed by atoms with Crippen LogP contribution in [0.15, 0.2) is 66.2 Å². The number of carbonyl (C=O) groups excluding carboxylic acids is 1. The average molecular weight is 423 g/mol. The SMILES string of the molecule is COc1cc(NC(C)CCCNC(=O)[C@@H](C)NC(O)=C2C=CC=C2)c2ncccc2c1. The van der Waals surface area contributed by atoms with Crippen LogP contribution in [0.3, 0.4) is 0 Å². The Morgan fingerprint density at radius 3 is 2.74 bits per heavy atom. The molecule has 4 N–H and O–H groups in total. The molecule has 164 valence electrons. The van der Waals surface area contributed by atoms with E-state index in [0.717, 1.165) is 35.2 Å². The van der Waals surface area contributed by atoms with Gasteiger partial charge in [-0.3, -0.25) is 9.78 Å². The number of hydrogen-bond donors (Lipinski definition) is 4. The van der Waals surface area contributed by atoms with Gasteiger partial charge >= 0.3 is 0 Å². The van der Waals surface area contributed by atoms with Gasteiger partial charge in [-0.15, -0.1) is 0 Å². The number of benzene rings is 1. The lowest BCUT2D eigenvalue weighted by Crippen LogP contribution is -2.42. The number of aromatic nitrogens is 1. The standard InChI is InChI=1S/C24H30N4O3/c1-16(27-21-15-20(31-3)14-19-11-7-12-25-22(19)21)8-6-13-26-23(29)17(2)28-24(30)18-9-4-5-10-18/h4-5,7,9-12,14-17,27-28,30H,6,8,13H2,1-3H3,(H,26,29)/t16?,17-/m1/s1. The van der Waals surface area contributed by atoms with E-state index in [0.29, 0.717) is 12.1 Å². The van der Waals surface area contributed by atoms with Gasteiger partial charge in [-0.1, -0.05) is 18.2 Å². The second kappa shape index (κ2) is 10.5. The van der Waals surface area contributed by atoms with Gasteiger partial charge in [0.25, 0.3) is 0 Å². The summed E-state index contributed by atoms with van der Waals surface area (Å²) in [4.78, 5) is 16.8. The summed E-state index contributed by atoms with van der Waals surface area (Å²) in [5.41, 5.74) is 2.51. The van der Waals surface area contributed by atoms with Crippen LogP contribution in [0, 0.1) is 0 Å². The summed E-state index contributed by atoms with van der Waals surface area (Å²) in [5.74, 6) is 0.636. The smallest absolute Gasteiger partial charge is 0.242 e. The van der Waals surface area contributed by atoms with E-state index in [1.165, 1.54) is 0 Å². The lowest BCUT2D eigenvalue weighted by molar-refractivity contribution is -0.122. The number of pyridine rings is 1. The van der Waals surface area contributed by atoms with Crippen molar-refractivity contribution in [2.45, 2.75) is 38.8 Å². The topological polar surface area (TPSA) is 95.5 Å². The molecule has 1 aliphatic carbocycles. The Morgan fingerprint density at radius 1 is 1.23 bits per heavy atom. The molecule has 1 unspecified atom stereocenters. The molecule has 1 aromatic heterocycles. The molecule has 0 saturated carbocycles. The highest BCUT2D eigenvalue weighted by molar-refractivity contribution is 5.91. The van der Waals surface area contributed by atoms with Crippen LogP contribution < -0.4 is 20.7 Å². The minimum Gasteiger partial charge on any atom is -0.497 e. The first kappa shape index (κ1) is 22.2. The molecule has 0 spiro atoms. The Labute approximate surface area is 182 Å². The zero-order chi connectivity index (χ0) is 22.2. The van der Waals surface area contributed by atoms with Crippen molar-refractivity contribution in [1.29, 1.82) is 0 Å². The number of fused-ring (bicyclic) bond motifs is 1. The number of nitrogens with zero attached hydrogens (tertiary/aromatic N) is 1. The third-order valence-corrected chi connectivity index (χ3v) is 5.11. The van der Waals surface area contributed by atoms with Crippen LogP contribution in [-0.4, -0.2) is 41.7 Å². The molecule has 2 atom stereocenters. The molecular formula is C24H30N4O3. The molecule has 0 aliphatic heterocycles. The summed E-state index contributed by atoms with van der Waals surface area (Å²) in [6.07, 6.45) is 10.7. The van der Waals surface area contributed by atoms with Crippen LogP contribution in [0.1, 0.15) is 26.7 Å². The number of amides is 1. The van der Waals surface area contributed by atoms with Crippen LogP contribution in [-0.2, 0) is 4.79 Å². The van der Waals surface area contributed by atoms with Gasteiger partial charge in [0.2, 0.25) is 5.91 Å². The molecule has 1 amide bonds. The van der Waals surface area contributed by atoms with E-state index in [1.807, 2.05) is 36.4 Å². The number of anilines is 1. The maximum atomic E-state index is 12.3. The van der Waals surface area contributed by atoms with E-state index in [2.05, 4.69) is 27.9 Å². The molecule has 1 aromatic carbocycles. The first-order valence-corrected chi connectivity index (χ1v) is 10.5. The van der Waals surface area contributed by atoms with Gasteiger partial charge in [0.1, 0.15) is 11.8 Å². The normalized spacial score (nSPS) is 14.4. The number of allylic oxidation sites excluding steroid dienone is 5. The van der Waals surface area contributed by atoms with Gasteiger partial charge in [0.15, 0.2) is 5.88 Å². The maximum absolute atomic E-state index is 12.3. The number of nitrogens with one attached hydrogen (secondary N) is 3. The van der Waals surface area contributed by atoms with Gasteiger partial charge < -0.3 is 25.8 Å². The van der Waals surface area contributed by atoms with Crippen molar-refractivity contribution in [2.24, 2.45) is 0 Å². The monoisotopic (exact) mass is 422 g/mol. The average Bonchev–Trinajstić information content (AvgIpc) is 3.31. The predicted octanol–water partition coefficient (Wildman–Crippen LogP) is 3.81. The third-order valence-electron chi connectivity index (χ3n) is 5.11. The summed E-state index contributed by atoms with van der Waals surface area (Å²) in [5, 5.41) is 20.3. The first-order chi connectivity index (χ1) is 15.0. The molecule has 31 heavy (non-hydrogen) atoms. The van der Waals surface area contributed by atoms with Crippen molar-refractivity contribution in [3.8, 4) is 5.75 Å². The molecule has 1 aliphatic rings. The predicted molar refractivity (Wildman–Crippen MR) is 124 cm³/mol. The fourth-order valence-electron chi connectivity index (χ4n) is 3.39. The molecule has 0 fully saturated rings. The fraction of sp³-hybridized carbons (Fsp3) is 0.333. The quantitative estimate of drug-likeness (QED) is 0.344. The van der Waals surface area contributed by atoms with Gasteiger partial charge in [-0.05, 0) is 51.0 Å². The highest BCUT2D eigenvalue weighted by Gasteiger charge is 2.15. The summed E-state index contributed by atoms with van der Waals surface area (Å²) in [7, 11) is 1.65. The van der Waals surface area contributed by atoms with E-state index in [4.69, 9.17) is 4.74 Å². The lowest BCUT2D eigenvalue weighted by Gasteiger charge is -2.18. The Kier molecular flexibility index (Phi) is 7.54. The van der Waals surface area contributed by atoms with Crippen LogP contribution in [0.5, 0.6) is 5.75 Å². The van der Waals surface area contributed by atoms with E-state index in [9.17, 15) is 9.90 Å². The minimum absolute atomic E-state index is 0.00426. The zero-order valence-electron chi connectivity index (χ0n) is 18.2. The molecule has 0 bridgehead atoms. The summed E-state index contributed by atoms with van der Waals surface area (Å²) in [6, 6.07) is 7.51. The van der Waals surface area contributed by atoms with E-state index >= 15 is 0 Å². The second-order valence-electron chi connectivity index (χ2n) is 7.62. The summed E-state index contributed by atoms with van der Waals surface area (Å²) < 4.78 is 5.40. The van der Waals surface area contributed by atoms with Crippen molar-refractivity contribution < 1.29 is 14.6 Å². The van der Waals surface area contributed by atoms with Crippen LogP contribution in [0.25, 0.3) is 10.9 Å². The summed E-state index contributed by atoms with van der Waals surface area (Å²) >= 11 is 0. The first-order valence-electron chi connectivity index (χ1n) is 10.5. The molecule has 0 radical (unpaired) electrons. The van der Waals surface area contributed by atoms with Crippen LogP contribution in [0.4, 0.5) is 5.69 Å². The maximum Gasteiger partial charge on any atom is 0.242 e. The largest absolute Gasteiger partial charge is 0.497 e. The molecule has 1 heterocycles. The Hall–Kier alpha value is -3.48. The number of aliphatic hydroxyl groups excluding tert-OH is 1. The minimum atomic E-state index is -0.528. The van der Waals surface area contributed by atoms with Crippen molar-refractivity contribution >= 4 is 22.5 Å². The van der Waals surface area contributed by atoms with E-state index in [1.54, 1.807) is 32.4 Å². The van der Waals surface area contributed by atoms with Gasteiger partial charge in [-0.25, -0.2) is 0 Å². The Balaban J connectivity index is 1.45. The van der Waals surface area contributed by atoms with Gasteiger partial charge in [0, 0.05) is 35.8 Å². The third kappa shape index (κ3) is 6.01. The van der Waals surface area contributed by atoms with Crippen molar-refractivity contribution in [1.82, 2.24) is 15.6 Å². The molecule has 7 heteroatoms. The van der Waals surface area contributed by atoms with Crippen LogP contribution >= 0.6 is 0 Å². The van der Waals surface area contributed by atoms with Crippen molar-refractivity contribution in [2.75, 3.05) is 19.0 Å². The molecule has 3 rings (SSSR count). The lowest BCUT2D eigenvalue weighted by atomic mass is 10.1. The van der Waals surface area contributed by atoms with Gasteiger partial charge in [-0.2, -0.15) is 0 Å². The second-order valence-corrected chi connectivity index (χ2v) is 7.62. The molecular weight excluding hydrogens is 392 g/mol. The fourth-order valence-corrected chi connectivity index (χ4v) is 3.39. The number of aliphatic hydroxyl groups is 1. The van der Waals surface area contributed by atoms with E-state index < -0.39 is 6.04 Å². The number of hydrogen-bond acceptors (Lipinski definition) is 6. The highest BCUT2D eigenvalue weighted by Crippen LogP contribution is 2.28. The van der Waals surface area contributed by atoms with E-state index in [-0.39, 0.29) is 17.8 Å².